The number of pyridine rings is 1. The molecule has 1 heterocycles. The summed E-state index contributed by atoms with van der Waals surface area (Å²) in [6.45, 7) is 1.70. The van der Waals surface area contributed by atoms with Gasteiger partial charge in [-0.2, -0.15) is 5.26 Å². The number of benzene rings is 2. The Labute approximate surface area is 145 Å². The first-order valence-electron chi connectivity index (χ1n) is 7.68. The van der Waals surface area contributed by atoms with Crippen LogP contribution in [-0.4, -0.2) is 10.9 Å². The zero-order valence-corrected chi connectivity index (χ0v) is 13.6. The second kappa shape index (κ2) is 7.28. The summed E-state index contributed by atoms with van der Waals surface area (Å²) in [7, 11) is 0. The third-order valence-electron chi connectivity index (χ3n) is 3.55. The lowest BCUT2D eigenvalue weighted by Gasteiger charge is -2.12. The summed E-state index contributed by atoms with van der Waals surface area (Å²) >= 11 is 0. The molecule has 3 rings (SSSR count). The standard InChI is InChI=1S/C20H15N3O2/c1-14-15(13-21)11-12-18(22-14)20(24)23-17-9-5-6-10-19(17)25-16-7-3-2-4-8-16/h2-12H,1H3,(H,23,24). The van der Waals surface area contributed by atoms with Gasteiger partial charge in [-0.15, -0.1) is 0 Å². The van der Waals surface area contributed by atoms with Crippen LogP contribution in [0.15, 0.2) is 66.7 Å². The first-order chi connectivity index (χ1) is 12.2. The summed E-state index contributed by atoms with van der Waals surface area (Å²) in [6, 6.07) is 21.7. The van der Waals surface area contributed by atoms with E-state index >= 15 is 0 Å². The lowest BCUT2D eigenvalue weighted by Crippen LogP contribution is -2.15. The van der Waals surface area contributed by atoms with Crippen LogP contribution in [0.3, 0.4) is 0 Å². The highest BCUT2D eigenvalue weighted by atomic mass is 16.5. The molecule has 25 heavy (non-hydrogen) atoms. The molecule has 5 heteroatoms. The number of aromatic nitrogens is 1. The van der Waals surface area contributed by atoms with Gasteiger partial charge in [0.05, 0.1) is 16.9 Å². The van der Waals surface area contributed by atoms with Crippen LogP contribution in [0.5, 0.6) is 11.5 Å². The van der Waals surface area contributed by atoms with Crippen LogP contribution in [0.25, 0.3) is 0 Å². The molecular weight excluding hydrogens is 314 g/mol. The largest absolute Gasteiger partial charge is 0.455 e. The van der Waals surface area contributed by atoms with E-state index in [1.54, 1.807) is 25.1 Å². The molecule has 3 aromatic rings. The number of nitriles is 1. The number of nitrogens with zero attached hydrogens (tertiary/aromatic N) is 2. The fourth-order valence-electron chi connectivity index (χ4n) is 2.27. The molecule has 0 fully saturated rings. The number of carbonyl (C=O) groups excluding carboxylic acids is 1. The molecule has 1 aromatic heterocycles. The van der Waals surface area contributed by atoms with E-state index in [0.29, 0.717) is 28.4 Å². The van der Waals surface area contributed by atoms with Crippen molar-refractivity contribution in [3.05, 3.63) is 83.7 Å². The number of amides is 1. The fraction of sp³-hybridized carbons (Fsp3) is 0.0500. The first kappa shape index (κ1) is 16.2. The molecule has 0 aliphatic heterocycles. The molecule has 122 valence electrons. The fourth-order valence-corrected chi connectivity index (χ4v) is 2.27. The lowest BCUT2D eigenvalue weighted by atomic mass is 10.2. The van der Waals surface area contributed by atoms with E-state index in [4.69, 9.17) is 10.00 Å². The van der Waals surface area contributed by atoms with Crippen molar-refractivity contribution in [2.45, 2.75) is 6.92 Å². The zero-order valence-electron chi connectivity index (χ0n) is 13.6. The third-order valence-corrected chi connectivity index (χ3v) is 3.55. The Morgan fingerprint density at radius 1 is 1.04 bits per heavy atom. The predicted molar refractivity (Wildman–Crippen MR) is 94.6 cm³/mol. The van der Waals surface area contributed by atoms with Crippen LogP contribution in [0.1, 0.15) is 21.7 Å². The molecular formula is C20H15N3O2. The van der Waals surface area contributed by atoms with Gasteiger partial charge in [0.1, 0.15) is 17.5 Å². The Morgan fingerprint density at radius 3 is 2.48 bits per heavy atom. The van der Waals surface area contributed by atoms with Crippen LogP contribution in [0, 0.1) is 18.3 Å². The summed E-state index contributed by atoms with van der Waals surface area (Å²) in [4.78, 5) is 16.6. The van der Waals surface area contributed by atoms with E-state index in [1.807, 2.05) is 48.5 Å². The Morgan fingerprint density at radius 2 is 1.76 bits per heavy atom. The van der Waals surface area contributed by atoms with Gasteiger partial charge in [-0.25, -0.2) is 4.98 Å². The van der Waals surface area contributed by atoms with Gasteiger partial charge < -0.3 is 10.1 Å². The van der Waals surface area contributed by atoms with E-state index in [1.165, 1.54) is 6.07 Å². The number of para-hydroxylation sites is 3. The molecule has 1 amide bonds. The van der Waals surface area contributed by atoms with E-state index < -0.39 is 0 Å². The van der Waals surface area contributed by atoms with Crippen molar-refractivity contribution in [2.24, 2.45) is 0 Å². The third kappa shape index (κ3) is 3.82. The van der Waals surface area contributed by atoms with Gasteiger partial charge in [-0.3, -0.25) is 4.79 Å². The molecule has 0 spiro atoms. The molecule has 1 N–H and O–H groups in total. The number of aryl methyl sites for hydroxylation is 1. The Hall–Kier alpha value is -3.65. The maximum Gasteiger partial charge on any atom is 0.274 e. The molecule has 0 bridgehead atoms. The quantitative estimate of drug-likeness (QED) is 0.774. The average molecular weight is 329 g/mol. The van der Waals surface area contributed by atoms with E-state index in [2.05, 4.69) is 10.3 Å². The normalized spacial score (nSPS) is 9.92. The highest BCUT2D eigenvalue weighted by Gasteiger charge is 2.13. The van der Waals surface area contributed by atoms with Crippen LogP contribution in [0.2, 0.25) is 0 Å². The average Bonchev–Trinajstić information content (AvgIpc) is 2.64. The van der Waals surface area contributed by atoms with E-state index in [9.17, 15) is 4.79 Å². The second-order valence-electron chi connectivity index (χ2n) is 5.31. The van der Waals surface area contributed by atoms with Crippen molar-refractivity contribution in [2.75, 3.05) is 5.32 Å². The van der Waals surface area contributed by atoms with E-state index in [-0.39, 0.29) is 11.6 Å². The molecule has 0 atom stereocenters. The zero-order chi connectivity index (χ0) is 17.6. The summed E-state index contributed by atoms with van der Waals surface area (Å²) in [5.41, 5.74) is 1.75. The first-order valence-corrected chi connectivity index (χ1v) is 7.68. The molecule has 0 saturated carbocycles. The van der Waals surface area contributed by atoms with Crippen LogP contribution >= 0.6 is 0 Å². The molecule has 0 unspecified atom stereocenters. The van der Waals surface area contributed by atoms with Crippen molar-refractivity contribution in [3.8, 4) is 17.6 Å². The number of carbonyl (C=O) groups is 1. The summed E-state index contributed by atoms with van der Waals surface area (Å²) in [6.07, 6.45) is 0. The van der Waals surface area contributed by atoms with Gasteiger partial charge in [-0.1, -0.05) is 30.3 Å². The molecule has 0 aliphatic carbocycles. The molecule has 5 nitrogen and oxygen atoms in total. The highest BCUT2D eigenvalue weighted by molar-refractivity contribution is 6.03. The Balaban J connectivity index is 1.82. The van der Waals surface area contributed by atoms with Gasteiger partial charge >= 0.3 is 0 Å². The van der Waals surface area contributed by atoms with Gasteiger partial charge in [0, 0.05) is 0 Å². The highest BCUT2D eigenvalue weighted by Crippen LogP contribution is 2.29. The Bertz CT molecular complexity index is 947. The topological polar surface area (TPSA) is 75.0 Å². The maximum atomic E-state index is 12.5. The van der Waals surface area contributed by atoms with Crippen LogP contribution < -0.4 is 10.1 Å². The van der Waals surface area contributed by atoms with Crippen molar-refractivity contribution < 1.29 is 9.53 Å². The SMILES string of the molecule is Cc1nc(C(=O)Nc2ccccc2Oc2ccccc2)ccc1C#N. The van der Waals surface area contributed by atoms with Crippen molar-refractivity contribution in [3.63, 3.8) is 0 Å². The monoisotopic (exact) mass is 329 g/mol. The summed E-state index contributed by atoms with van der Waals surface area (Å²) in [5.74, 6) is 0.848. The maximum absolute atomic E-state index is 12.5. The minimum absolute atomic E-state index is 0.242. The number of hydrogen-bond acceptors (Lipinski definition) is 4. The second-order valence-corrected chi connectivity index (χ2v) is 5.31. The predicted octanol–water partition coefficient (Wildman–Crippen LogP) is 4.31. The lowest BCUT2D eigenvalue weighted by molar-refractivity contribution is 0.102. The minimum Gasteiger partial charge on any atom is -0.455 e. The number of nitrogens with one attached hydrogen (secondary N) is 1. The van der Waals surface area contributed by atoms with Gasteiger partial charge in [-0.05, 0) is 43.3 Å². The number of ether oxygens (including phenoxy) is 1. The smallest absolute Gasteiger partial charge is 0.274 e. The molecule has 0 aliphatic rings. The van der Waals surface area contributed by atoms with Gasteiger partial charge in [0.2, 0.25) is 0 Å². The summed E-state index contributed by atoms with van der Waals surface area (Å²) in [5, 5.41) is 11.8. The van der Waals surface area contributed by atoms with Crippen molar-refractivity contribution >= 4 is 11.6 Å². The number of hydrogen-bond donors (Lipinski definition) is 1. The number of anilines is 1. The molecule has 0 saturated heterocycles. The molecule has 2 aromatic carbocycles. The minimum atomic E-state index is -0.364. The number of rotatable bonds is 4. The Kier molecular flexibility index (Phi) is 4.72. The van der Waals surface area contributed by atoms with Crippen LogP contribution in [0.4, 0.5) is 5.69 Å². The van der Waals surface area contributed by atoms with Gasteiger partial charge in [0.25, 0.3) is 5.91 Å². The summed E-state index contributed by atoms with van der Waals surface area (Å²) < 4.78 is 5.83. The van der Waals surface area contributed by atoms with E-state index in [0.717, 1.165) is 0 Å². The molecule has 0 radical (unpaired) electrons. The van der Waals surface area contributed by atoms with Crippen LogP contribution in [-0.2, 0) is 0 Å². The van der Waals surface area contributed by atoms with Gasteiger partial charge in [0.15, 0.2) is 5.75 Å². The van der Waals surface area contributed by atoms with Crippen molar-refractivity contribution in [1.82, 2.24) is 4.98 Å². The van der Waals surface area contributed by atoms with Crippen molar-refractivity contribution in [1.29, 1.82) is 5.26 Å².